The molecule has 0 fully saturated rings. The van der Waals surface area contributed by atoms with Crippen LogP contribution in [-0.2, 0) is 4.74 Å². The fraction of sp³-hybridized carbons (Fsp3) is 0.105. The van der Waals surface area contributed by atoms with E-state index < -0.39 is 6.23 Å². The summed E-state index contributed by atoms with van der Waals surface area (Å²) in [6.07, 6.45) is -0.503. The molecular formula is C19H13N3O2. The number of pyridine rings is 1. The van der Waals surface area contributed by atoms with Crippen LogP contribution in [0.5, 0.6) is 0 Å². The summed E-state index contributed by atoms with van der Waals surface area (Å²) in [7, 11) is 1.60. The van der Waals surface area contributed by atoms with Crippen molar-refractivity contribution in [2.75, 3.05) is 7.11 Å². The maximum absolute atomic E-state index is 13.0. The maximum atomic E-state index is 13.0. The summed E-state index contributed by atoms with van der Waals surface area (Å²) in [5.41, 5.74) is 3.03. The smallest absolute Gasteiger partial charge is 0.264 e. The minimum atomic E-state index is -0.503. The van der Waals surface area contributed by atoms with Gasteiger partial charge in [-0.25, -0.2) is 9.97 Å². The minimum Gasteiger partial charge on any atom is -0.357 e. The topological polar surface area (TPSA) is 57.0 Å². The second-order valence-electron chi connectivity index (χ2n) is 5.83. The predicted octanol–water partition coefficient (Wildman–Crippen LogP) is 3.12. The van der Waals surface area contributed by atoms with Gasteiger partial charge in [-0.1, -0.05) is 30.3 Å². The summed E-state index contributed by atoms with van der Waals surface area (Å²) in [5.74, 6) is 0.561. The van der Waals surface area contributed by atoms with E-state index in [-0.39, 0.29) is 5.56 Å². The van der Waals surface area contributed by atoms with Crippen molar-refractivity contribution in [1.29, 1.82) is 0 Å². The number of rotatable bonds is 1. The third-order valence-corrected chi connectivity index (χ3v) is 4.50. The molecule has 2 aromatic carbocycles. The molecule has 0 aliphatic carbocycles. The third kappa shape index (κ3) is 1.64. The molecule has 0 amide bonds. The van der Waals surface area contributed by atoms with Crippen molar-refractivity contribution >= 4 is 21.8 Å². The molecular weight excluding hydrogens is 302 g/mol. The first-order valence-corrected chi connectivity index (χ1v) is 7.72. The molecule has 0 saturated heterocycles. The van der Waals surface area contributed by atoms with Gasteiger partial charge in [0.1, 0.15) is 5.69 Å². The number of para-hydroxylation sites is 2. The molecule has 1 aliphatic heterocycles. The molecule has 0 radical (unpaired) electrons. The van der Waals surface area contributed by atoms with Crippen LogP contribution in [0.1, 0.15) is 11.8 Å². The van der Waals surface area contributed by atoms with Crippen molar-refractivity contribution in [2.24, 2.45) is 0 Å². The number of ether oxygens (including phenoxy) is 1. The van der Waals surface area contributed by atoms with E-state index in [1.165, 1.54) is 0 Å². The summed E-state index contributed by atoms with van der Waals surface area (Å²) >= 11 is 0. The van der Waals surface area contributed by atoms with E-state index in [2.05, 4.69) is 4.98 Å². The van der Waals surface area contributed by atoms with Crippen molar-refractivity contribution in [1.82, 2.24) is 14.5 Å². The van der Waals surface area contributed by atoms with E-state index in [0.29, 0.717) is 22.4 Å². The molecule has 0 unspecified atom stereocenters. The Morgan fingerprint density at radius 3 is 2.58 bits per heavy atom. The summed E-state index contributed by atoms with van der Waals surface area (Å²) in [6.45, 7) is 0. The molecule has 0 bridgehead atoms. The fourth-order valence-electron chi connectivity index (χ4n) is 3.40. The van der Waals surface area contributed by atoms with E-state index in [0.717, 1.165) is 16.5 Å². The van der Waals surface area contributed by atoms with Crippen LogP contribution in [-0.4, -0.2) is 21.6 Å². The Labute approximate surface area is 137 Å². The zero-order valence-corrected chi connectivity index (χ0v) is 12.9. The highest BCUT2D eigenvalue weighted by atomic mass is 16.5. The highest BCUT2D eigenvalue weighted by Gasteiger charge is 2.33. The van der Waals surface area contributed by atoms with Crippen LogP contribution in [0.3, 0.4) is 0 Å². The van der Waals surface area contributed by atoms with Crippen molar-refractivity contribution in [2.45, 2.75) is 6.23 Å². The second kappa shape index (κ2) is 4.72. The van der Waals surface area contributed by atoms with Crippen molar-refractivity contribution in [3.63, 3.8) is 0 Å². The summed E-state index contributed by atoms with van der Waals surface area (Å²) in [5, 5.41) is 1.60. The number of fused-ring (bicyclic) bond motifs is 5. The first kappa shape index (κ1) is 13.4. The summed E-state index contributed by atoms with van der Waals surface area (Å²) in [4.78, 5) is 22.4. The molecule has 2 aromatic heterocycles. The number of hydrogen-bond donors (Lipinski definition) is 0. The van der Waals surface area contributed by atoms with Gasteiger partial charge < -0.3 is 4.74 Å². The van der Waals surface area contributed by atoms with Crippen LogP contribution < -0.4 is 5.56 Å². The van der Waals surface area contributed by atoms with Crippen molar-refractivity contribution < 1.29 is 4.74 Å². The lowest BCUT2D eigenvalue weighted by Crippen LogP contribution is -2.25. The Bertz CT molecular complexity index is 1180. The Morgan fingerprint density at radius 1 is 1.00 bits per heavy atom. The van der Waals surface area contributed by atoms with E-state index in [1.54, 1.807) is 17.7 Å². The number of aromatic nitrogens is 3. The van der Waals surface area contributed by atoms with Gasteiger partial charge in [0, 0.05) is 18.1 Å². The van der Waals surface area contributed by atoms with Crippen LogP contribution in [0.2, 0.25) is 0 Å². The van der Waals surface area contributed by atoms with Gasteiger partial charge in [0.25, 0.3) is 5.56 Å². The first-order chi connectivity index (χ1) is 11.8. The van der Waals surface area contributed by atoms with Crippen LogP contribution in [0.4, 0.5) is 0 Å². The molecule has 3 heterocycles. The number of hydrogen-bond acceptors (Lipinski definition) is 4. The van der Waals surface area contributed by atoms with E-state index in [4.69, 9.17) is 9.72 Å². The molecule has 5 heteroatoms. The van der Waals surface area contributed by atoms with Gasteiger partial charge in [0.05, 0.1) is 16.4 Å². The Balaban J connectivity index is 1.93. The lowest BCUT2D eigenvalue weighted by molar-refractivity contribution is 0.0824. The molecule has 1 aliphatic rings. The largest absolute Gasteiger partial charge is 0.357 e. The molecule has 5 nitrogen and oxygen atoms in total. The highest BCUT2D eigenvalue weighted by Crippen LogP contribution is 2.38. The van der Waals surface area contributed by atoms with Gasteiger partial charge in [0.2, 0.25) is 0 Å². The van der Waals surface area contributed by atoms with Crippen LogP contribution in [0, 0.1) is 0 Å². The standard InChI is InChI=1S/C19H13N3O2/c1-24-19-13-10-11-6-2-4-8-14(11)20-16(13)17-21-15-9-5-3-7-12(15)18(23)22(17)19/h2-10,19H,1H3/t19-/m1/s1. The third-order valence-electron chi connectivity index (χ3n) is 4.50. The lowest BCUT2D eigenvalue weighted by Gasteiger charge is -2.13. The van der Waals surface area contributed by atoms with Gasteiger partial charge in [-0.3, -0.25) is 9.36 Å². The van der Waals surface area contributed by atoms with Crippen LogP contribution >= 0.6 is 0 Å². The molecule has 0 spiro atoms. The molecule has 4 aromatic rings. The predicted molar refractivity (Wildman–Crippen MR) is 91.9 cm³/mol. The van der Waals surface area contributed by atoms with Gasteiger partial charge in [-0.2, -0.15) is 0 Å². The number of methoxy groups -OCH3 is 1. The lowest BCUT2D eigenvalue weighted by atomic mass is 10.1. The zero-order chi connectivity index (χ0) is 16.3. The first-order valence-electron chi connectivity index (χ1n) is 7.72. The highest BCUT2D eigenvalue weighted by molar-refractivity contribution is 5.85. The minimum absolute atomic E-state index is 0.107. The monoisotopic (exact) mass is 315 g/mol. The Kier molecular flexibility index (Phi) is 2.64. The van der Waals surface area contributed by atoms with Gasteiger partial charge in [0.15, 0.2) is 12.1 Å². The molecule has 1 atom stereocenters. The molecule has 116 valence electrons. The Morgan fingerprint density at radius 2 is 1.75 bits per heavy atom. The number of benzene rings is 2. The number of nitrogens with zero attached hydrogens (tertiary/aromatic N) is 3. The second-order valence-corrected chi connectivity index (χ2v) is 5.83. The van der Waals surface area contributed by atoms with Crippen LogP contribution in [0.15, 0.2) is 59.4 Å². The fourth-order valence-corrected chi connectivity index (χ4v) is 3.40. The maximum Gasteiger partial charge on any atom is 0.264 e. The zero-order valence-electron chi connectivity index (χ0n) is 12.9. The quantitative estimate of drug-likeness (QED) is 0.541. The molecule has 5 rings (SSSR count). The SMILES string of the molecule is CO[C@@H]1c2cc3ccccc3nc2-c2nc3ccccc3c(=O)n21. The van der Waals surface area contributed by atoms with Crippen molar-refractivity contribution in [3.8, 4) is 11.5 Å². The molecule has 24 heavy (non-hydrogen) atoms. The van der Waals surface area contributed by atoms with Crippen LogP contribution in [0.25, 0.3) is 33.3 Å². The summed E-state index contributed by atoms with van der Waals surface area (Å²) in [6, 6.07) is 17.3. The molecule has 0 saturated carbocycles. The Hall–Kier alpha value is -3.05. The van der Waals surface area contributed by atoms with E-state index in [9.17, 15) is 4.79 Å². The van der Waals surface area contributed by atoms with Gasteiger partial charge >= 0.3 is 0 Å². The average Bonchev–Trinajstić information content (AvgIpc) is 2.93. The summed E-state index contributed by atoms with van der Waals surface area (Å²) < 4.78 is 7.22. The van der Waals surface area contributed by atoms with E-state index >= 15 is 0 Å². The average molecular weight is 315 g/mol. The van der Waals surface area contributed by atoms with E-state index in [1.807, 2.05) is 48.5 Å². The molecule has 0 N–H and O–H groups in total. The van der Waals surface area contributed by atoms with Crippen molar-refractivity contribution in [3.05, 3.63) is 70.5 Å². The normalized spacial score (nSPS) is 15.6. The van der Waals surface area contributed by atoms with Gasteiger partial charge in [-0.15, -0.1) is 0 Å². The van der Waals surface area contributed by atoms with Gasteiger partial charge in [-0.05, 0) is 24.3 Å².